The van der Waals surface area contributed by atoms with Gasteiger partial charge in [0.1, 0.15) is 0 Å². The van der Waals surface area contributed by atoms with Crippen molar-refractivity contribution in [2.24, 2.45) is 16.6 Å². The third-order valence-electron chi connectivity index (χ3n) is 16.0. The number of fused-ring (bicyclic) bond motifs is 16. The van der Waals surface area contributed by atoms with Gasteiger partial charge in [0.05, 0.1) is 33.6 Å². The summed E-state index contributed by atoms with van der Waals surface area (Å²) in [7, 11) is 0. The van der Waals surface area contributed by atoms with Crippen molar-refractivity contribution < 1.29 is 0 Å². The Morgan fingerprint density at radius 2 is 0.932 bits per heavy atom. The van der Waals surface area contributed by atoms with Crippen LogP contribution in [0.5, 0.6) is 0 Å². The van der Waals surface area contributed by atoms with E-state index in [2.05, 4.69) is 244 Å². The predicted molar refractivity (Wildman–Crippen MR) is 303 cm³/mol. The van der Waals surface area contributed by atoms with E-state index in [1.165, 1.54) is 66.8 Å². The van der Waals surface area contributed by atoms with Crippen molar-refractivity contribution in [1.82, 2.24) is 9.97 Å². The van der Waals surface area contributed by atoms with Gasteiger partial charge in [0.15, 0.2) is 5.82 Å². The fourth-order valence-electron chi connectivity index (χ4n) is 12.8. The molecule has 4 nitrogen and oxygen atoms in total. The largest absolute Gasteiger partial charge is 0.398 e. The summed E-state index contributed by atoms with van der Waals surface area (Å²) in [5.41, 5.74) is 29.7. The lowest BCUT2D eigenvalue weighted by Crippen LogP contribution is -2.43. The zero-order valence-corrected chi connectivity index (χ0v) is 41.0. The molecule has 9 aromatic carbocycles. The van der Waals surface area contributed by atoms with Crippen molar-refractivity contribution >= 4 is 17.1 Å². The molecule has 0 radical (unpaired) electrons. The fourth-order valence-corrected chi connectivity index (χ4v) is 12.8. The first kappa shape index (κ1) is 43.5. The van der Waals surface area contributed by atoms with Gasteiger partial charge in [-0.2, -0.15) is 0 Å². The summed E-state index contributed by atoms with van der Waals surface area (Å²) in [6.07, 6.45) is 9.61. The topological polar surface area (TPSA) is 64.2 Å². The monoisotopic (exact) mass is 946 g/mol. The molecule has 0 aliphatic heterocycles. The number of nitrogens with zero attached hydrogens (tertiary/aromatic N) is 3. The minimum atomic E-state index is -0.737. The van der Waals surface area contributed by atoms with E-state index < -0.39 is 10.8 Å². The number of benzene rings is 9. The second-order valence-electron chi connectivity index (χ2n) is 20.0. The molecule has 350 valence electrons. The van der Waals surface area contributed by atoms with Crippen LogP contribution >= 0.6 is 0 Å². The molecule has 0 bridgehead atoms. The van der Waals surface area contributed by atoms with Crippen molar-refractivity contribution in [2.75, 3.05) is 0 Å². The summed E-state index contributed by atoms with van der Waals surface area (Å²) in [5, 5.41) is 0. The summed E-state index contributed by atoms with van der Waals surface area (Å²) >= 11 is 0. The van der Waals surface area contributed by atoms with E-state index in [1.54, 1.807) is 0 Å². The molecule has 0 fully saturated rings. The summed E-state index contributed by atoms with van der Waals surface area (Å²) in [4.78, 5) is 16.6. The van der Waals surface area contributed by atoms with Crippen molar-refractivity contribution in [3.63, 3.8) is 0 Å². The average Bonchev–Trinajstić information content (AvgIpc) is 4.15. The number of aromatic nitrogens is 2. The van der Waals surface area contributed by atoms with Crippen LogP contribution in [0.2, 0.25) is 0 Å². The van der Waals surface area contributed by atoms with Gasteiger partial charge in [0.2, 0.25) is 0 Å². The Balaban J connectivity index is 1.10. The summed E-state index contributed by atoms with van der Waals surface area (Å²) in [6.45, 7) is 2.28. The summed E-state index contributed by atoms with van der Waals surface area (Å²) < 4.78 is 0. The lowest BCUT2D eigenvalue weighted by Gasteiger charge is -2.49. The van der Waals surface area contributed by atoms with Crippen molar-refractivity contribution in [3.05, 3.63) is 310 Å². The molecule has 1 heterocycles. The number of hydrogen-bond donors (Lipinski definition) is 1. The van der Waals surface area contributed by atoms with Gasteiger partial charge in [-0.15, -0.1) is 0 Å². The Morgan fingerprint density at radius 1 is 0.473 bits per heavy atom. The maximum Gasteiger partial charge on any atom is 0.160 e. The van der Waals surface area contributed by atoms with Crippen LogP contribution in [0, 0.1) is 5.92 Å². The van der Waals surface area contributed by atoms with Gasteiger partial charge >= 0.3 is 0 Å². The molecule has 4 aliphatic rings. The standard InChI is InChI=1S/C70H50N4/c1-45-21-11-12-28-51(45)67(43-64(71)46-22-5-2-6-23-46)72-50-38-40-61-63(42-50)70(58-35-19-15-31-54(58)55-32-16-20-36-59(55)70)60-39-37-49(41-62(60)69(61)56-33-17-13-29-52(56)53-30-14-18-34-57(53)69)68-73-65(47-24-7-3-8-25-47)44-66(74-68)48-26-9-4-10-27-48/h2-20,22-45H,21,71H2,1H3. The van der Waals surface area contributed by atoms with Gasteiger partial charge in [-0.25, -0.2) is 15.0 Å². The van der Waals surface area contributed by atoms with Crippen LogP contribution in [0.3, 0.4) is 0 Å². The summed E-state index contributed by atoms with van der Waals surface area (Å²) in [5.74, 6) is 0.934. The molecule has 0 saturated carbocycles. The Labute approximate surface area is 432 Å². The quantitative estimate of drug-likeness (QED) is 0.162. The number of nitrogens with two attached hydrogens (primary N) is 1. The summed E-state index contributed by atoms with van der Waals surface area (Å²) in [6, 6.07) is 83.6. The third kappa shape index (κ3) is 6.51. The highest BCUT2D eigenvalue weighted by molar-refractivity contribution is 6.13. The molecule has 74 heavy (non-hydrogen) atoms. The van der Waals surface area contributed by atoms with Crippen LogP contribution < -0.4 is 5.73 Å². The lowest BCUT2D eigenvalue weighted by molar-refractivity contribution is 0.633. The highest BCUT2D eigenvalue weighted by Crippen LogP contribution is 2.68. The van der Waals surface area contributed by atoms with Gasteiger partial charge in [0.25, 0.3) is 0 Å². The first-order valence-electron chi connectivity index (χ1n) is 25.7. The van der Waals surface area contributed by atoms with Gasteiger partial charge in [-0.3, -0.25) is 0 Å². The van der Waals surface area contributed by atoms with Gasteiger partial charge < -0.3 is 5.73 Å². The normalized spacial score (nSPS) is 16.2. The Bertz CT molecular complexity index is 3860. The number of allylic oxidation sites excluding steroid dienone is 5. The van der Waals surface area contributed by atoms with E-state index >= 15 is 0 Å². The van der Waals surface area contributed by atoms with E-state index in [0.29, 0.717) is 11.5 Å². The van der Waals surface area contributed by atoms with E-state index in [1.807, 2.05) is 18.2 Å². The minimum Gasteiger partial charge on any atom is -0.398 e. The molecule has 1 atom stereocenters. The zero-order chi connectivity index (χ0) is 49.4. The third-order valence-corrected chi connectivity index (χ3v) is 16.0. The Kier molecular flexibility index (Phi) is 10.1. The molecule has 2 N–H and O–H groups in total. The molecule has 0 saturated heterocycles. The molecule has 4 heteroatoms. The van der Waals surface area contributed by atoms with Gasteiger partial charge in [-0.05, 0) is 121 Å². The highest BCUT2D eigenvalue weighted by atomic mass is 14.9. The van der Waals surface area contributed by atoms with Gasteiger partial charge in [0, 0.05) is 22.4 Å². The maximum absolute atomic E-state index is 6.99. The fraction of sp³-hybridized carbons (Fsp3) is 0.0714. The second-order valence-corrected chi connectivity index (χ2v) is 20.0. The highest BCUT2D eigenvalue weighted by Gasteiger charge is 2.59. The molecule has 10 aromatic rings. The zero-order valence-electron chi connectivity index (χ0n) is 41.0. The number of rotatable bonds is 7. The van der Waals surface area contributed by atoms with Crippen molar-refractivity contribution in [2.45, 2.75) is 24.2 Å². The SMILES string of the molecule is CC1CC=CC=C1C(C=C(N)c1ccccc1)=Nc1ccc2c(c1)C1(c3ccccc3-c3ccccc31)c1ccc(-c3nc(-c4ccccc4)cc(-c4ccccc4)n3)cc1C21c2ccccc2-c2ccccc21. The Morgan fingerprint density at radius 3 is 1.45 bits per heavy atom. The van der Waals surface area contributed by atoms with E-state index in [4.69, 9.17) is 20.7 Å². The molecule has 1 unspecified atom stereocenters. The van der Waals surface area contributed by atoms with Crippen LogP contribution in [0.4, 0.5) is 5.69 Å². The molecule has 0 amide bonds. The van der Waals surface area contributed by atoms with Crippen molar-refractivity contribution in [1.29, 1.82) is 0 Å². The van der Waals surface area contributed by atoms with E-state index in [0.717, 1.165) is 57.0 Å². The molecular formula is C70H50N4. The van der Waals surface area contributed by atoms with Crippen LogP contribution in [-0.4, -0.2) is 15.7 Å². The molecule has 1 aromatic heterocycles. The van der Waals surface area contributed by atoms with E-state index in [9.17, 15) is 0 Å². The first-order chi connectivity index (χ1) is 36.5. The maximum atomic E-state index is 6.99. The lowest BCUT2D eigenvalue weighted by atomic mass is 9.52. The van der Waals surface area contributed by atoms with Crippen molar-refractivity contribution in [3.8, 4) is 56.2 Å². The molecular weight excluding hydrogens is 897 g/mol. The predicted octanol–water partition coefficient (Wildman–Crippen LogP) is 16.1. The van der Waals surface area contributed by atoms with Gasteiger partial charge in [-0.1, -0.05) is 231 Å². The van der Waals surface area contributed by atoms with Crippen LogP contribution in [0.15, 0.2) is 265 Å². The molecule has 4 aliphatic carbocycles. The number of aliphatic imine (C=N–C) groups is 1. The van der Waals surface area contributed by atoms with Crippen LogP contribution in [-0.2, 0) is 10.8 Å². The smallest absolute Gasteiger partial charge is 0.160 e. The van der Waals surface area contributed by atoms with Crippen LogP contribution in [0.1, 0.15) is 63.4 Å². The number of hydrogen-bond acceptors (Lipinski definition) is 4. The first-order valence-corrected chi connectivity index (χ1v) is 25.7. The minimum absolute atomic E-state index is 0.258. The Hall–Kier alpha value is -9.25. The van der Waals surface area contributed by atoms with E-state index in [-0.39, 0.29) is 5.92 Å². The average molecular weight is 947 g/mol. The molecule has 2 spiro atoms. The molecule has 14 rings (SSSR count). The second kappa shape index (κ2) is 17.2. The van der Waals surface area contributed by atoms with Crippen LogP contribution in [0.25, 0.3) is 61.9 Å².